The van der Waals surface area contributed by atoms with E-state index in [4.69, 9.17) is 15.2 Å². The quantitative estimate of drug-likeness (QED) is 0.836. The number of halogens is 1. The van der Waals surface area contributed by atoms with Crippen LogP contribution in [0.25, 0.3) is 0 Å². The molecule has 3 nitrogen and oxygen atoms in total. The van der Waals surface area contributed by atoms with Crippen LogP contribution in [-0.4, -0.2) is 6.10 Å². The van der Waals surface area contributed by atoms with E-state index in [1.165, 1.54) is 0 Å². The van der Waals surface area contributed by atoms with Crippen LogP contribution in [0.5, 0.6) is 17.2 Å². The van der Waals surface area contributed by atoms with Crippen molar-refractivity contribution in [3.8, 4) is 17.2 Å². The fourth-order valence-corrected chi connectivity index (χ4v) is 1.95. The third kappa shape index (κ3) is 3.64. The first-order valence-corrected chi connectivity index (χ1v) is 6.84. The Morgan fingerprint density at radius 2 is 1.79 bits per heavy atom. The number of hydrogen-bond donors (Lipinski definition) is 1. The third-order valence-electron chi connectivity index (χ3n) is 2.41. The molecule has 0 heterocycles. The molecule has 19 heavy (non-hydrogen) atoms. The van der Waals surface area contributed by atoms with Crippen LogP contribution in [0.15, 0.2) is 46.9 Å². The van der Waals surface area contributed by atoms with Crippen molar-refractivity contribution in [2.45, 2.75) is 20.0 Å². The van der Waals surface area contributed by atoms with Crippen molar-refractivity contribution < 1.29 is 9.47 Å². The summed E-state index contributed by atoms with van der Waals surface area (Å²) in [6.07, 6.45) is 0.0704. The molecule has 2 aromatic carbocycles. The molecule has 0 saturated heterocycles. The minimum Gasteiger partial charge on any atom is -0.489 e. The minimum atomic E-state index is 0.0704. The highest BCUT2D eigenvalue weighted by molar-refractivity contribution is 9.10. The molecular formula is C15H16BrNO2. The van der Waals surface area contributed by atoms with Gasteiger partial charge in [0.15, 0.2) is 0 Å². The molecule has 0 aliphatic rings. The number of nitrogen functional groups attached to an aromatic ring is 1. The number of rotatable bonds is 4. The Balaban J connectivity index is 2.24. The molecule has 0 aliphatic carbocycles. The molecular weight excluding hydrogens is 306 g/mol. The second kappa shape index (κ2) is 5.97. The van der Waals surface area contributed by atoms with Crippen LogP contribution in [0, 0.1) is 0 Å². The summed E-state index contributed by atoms with van der Waals surface area (Å²) in [6.45, 7) is 3.92. The molecule has 0 spiro atoms. The van der Waals surface area contributed by atoms with Crippen molar-refractivity contribution in [2.75, 3.05) is 5.73 Å². The summed E-state index contributed by atoms with van der Waals surface area (Å²) in [6, 6.07) is 13.1. The van der Waals surface area contributed by atoms with E-state index >= 15 is 0 Å². The predicted octanol–water partition coefficient (Wildman–Crippen LogP) is 4.61. The van der Waals surface area contributed by atoms with Gasteiger partial charge in [0, 0.05) is 6.07 Å². The van der Waals surface area contributed by atoms with Gasteiger partial charge in [0.1, 0.15) is 17.2 Å². The summed E-state index contributed by atoms with van der Waals surface area (Å²) in [5.74, 6) is 2.08. The highest BCUT2D eigenvalue weighted by Gasteiger charge is 2.07. The molecule has 2 rings (SSSR count). The van der Waals surface area contributed by atoms with Gasteiger partial charge >= 0.3 is 0 Å². The van der Waals surface area contributed by atoms with E-state index in [-0.39, 0.29) is 6.10 Å². The number of ether oxygens (including phenoxy) is 2. The van der Waals surface area contributed by atoms with Gasteiger partial charge in [0.25, 0.3) is 0 Å². The van der Waals surface area contributed by atoms with Gasteiger partial charge in [0.05, 0.1) is 16.3 Å². The SMILES string of the molecule is CC(C)Oc1cc(Oc2ccccc2Br)ccc1N. The average molecular weight is 322 g/mol. The normalized spacial score (nSPS) is 10.5. The van der Waals surface area contributed by atoms with Crippen molar-refractivity contribution in [1.29, 1.82) is 0 Å². The Labute approximate surface area is 121 Å². The van der Waals surface area contributed by atoms with Crippen molar-refractivity contribution in [2.24, 2.45) is 0 Å². The molecule has 0 unspecified atom stereocenters. The molecule has 0 bridgehead atoms. The van der Waals surface area contributed by atoms with Gasteiger partial charge in [-0.2, -0.15) is 0 Å². The van der Waals surface area contributed by atoms with Crippen molar-refractivity contribution in [1.82, 2.24) is 0 Å². The fourth-order valence-electron chi connectivity index (χ4n) is 1.59. The Hall–Kier alpha value is -1.68. The van der Waals surface area contributed by atoms with Crippen LogP contribution in [0.1, 0.15) is 13.8 Å². The summed E-state index contributed by atoms with van der Waals surface area (Å²) in [4.78, 5) is 0. The predicted molar refractivity (Wildman–Crippen MR) is 80.8 cm³/mol. The Morgan fingerprint density at radius 3 is 2.47 bits per heavy atom. The lowest BCUT2D eigenvalue weighted by Gasteiger charge is -2.14. The summed E-state index contributed by atoms with van der Waals surface area (Å²) in [5, 5.41) is 0. The molecule has 0 radical (unpaired) electrons. The van der Waals surface area contributed by atoms with Gasteiger partial charge < -0.3 is 15.2 Å². The Bertz CT molecular complexity index is 570. The molecule has 4 heteroatoms. The molecule has 0 aromatic heterocycles. The fraction of sp³-hybridized carbons (Fsp3) is 0.200. The average Bonchev–Trinajstić information content (AvgIpc) is 2.35. The summed E-state index contributed by atoms with van der Waals surface area (Å²) < 4.78 is 12.3. The summed E-state index contributed by atoms with van der Waals surface area (Å²) in [7, 11) is 0. The third-order valence-corrected chi connectivity index (χ3v) is 3.07. The number of benzene rings is 2. The molecule has 0 atom stereocenters. The Morgan fingerprint density at radius 1 is 1.05 bits per heavy atom. The van der Waals surface area contributed by atoms with Gasteiger partial charge in [-0.15, -0.1) is 0 Å². The molecule has 2 aromatic rings. The first-order valence-electron chi connectivity index (χ1n) is 6.05. The highest BCUT2D eigenvalue weighted by Crippen LogP contribution is 2.33. The van der Waals surface area contributed by atoms with Gasteiger partial charge in [-0.05, 0) is 54.0 Å². The number of nitrogens with two attached hydrogens (primary N) is 1. The second-order valence-electron chi connectivity index (χ2n) is 4.40. The van der Waals surface area contributed by atoms with E-state index in [9.17, 15) is 0 Å². The van der Waals surface area contributed by atoms with Gasteiger partial charge in [-0.1, -0.05) is 12.1 Å². The lowest BCUT2D eigenvalue weighted by atomic mass is 10.2. The van der Waals surface area contributed by atoms with E-state index in [1.807, 2.05) is 44.2 Å². The highest BCUT2D eigenvalue weighted by atomic mass is 79.9. The van der Waals surface area contributed by atoms with Crippen molar-refractivity contribution in [3.05, 3.63) is 46.9 Å². The molecule has 0 fully saturated rings. The maximum atomic E-state index is 5.87. The minimum absolute atomic E-state index is 0.0704. The lowest BCUT2D eigenvalue weighted by molar-refractivity contribution is 0.243. The molecule has 100 valence electrons. The van der Waals surface area contributed by atoms with Gasteiger partial charge in [0.2, 0.25) is 0 Å². The van der Waals surface area contributed by atoms with Crippen molar-refractivity contribution >= 4 is 21.6 Å². The molecule has 2 N–H and O–H groups in total. The zero-order valence-electron chi connectivity index (χ0n) is 10.9. The van der Waals surface area contributed by atoms with Crippen LogP contribution in [-0.2, 0) is 0 Å². The first-order chi connectivity index (χ1) is 9.06. The maximum Gasteiger partial charge on any atom is 0.146 e. The summed E-state index contributed by atoms with van der Waals surface area (Å²) in [5.41, 5.74) is 6.48. The van der Waals surface area contributed by atoms with Crippen LogP contribution in [0.4, 0.5) is 5.69 Å². The van der Waals surface area contributed by atoms with Gasteiger partial charge in [-0.25, -0.2) is 0 Å². The second-order valence-corrected chi connectivity index (χ2v) is 5.25. The van der Waals surface area contributed by atoms with Crippen molar-refractivity contribution in [3.63, 3.8) is 0 Å². The smallest absolute Gasteiger partial charge is 0.146 e. The van der Waals surface area contributed by atoms with Crippen LogP contribution >= 0.6 is 15.9 Å². The molecule has 0 saturated carbocycles. The number of anilines is 1. The number of para-hydroxylation sites is 1. The van der Waals surface area contributed by atoms with Crippen LogP contribution in [0.3, 0.4) is 0 Å². The Kier molecular flexibility index (Phi) is 4.32. The zero-order chi connectivity index (χ0) is 13.8. The zero-order valence-corrected chi connectivity index (χ0v) is 12.5. The standard InChI is InChI=1S/C15H16BrNO2/c1-10(2)18-15-9-11(7-8-13(15)17)19-14-6-4-3-5-12(14)16/h3-10H,17H2,1-2H3. The van der Waals surface area contributed by atoms with E-state index in [0.29, 0.717) is 17.2 Å². The molecule has 0 aliphatic heterocycles. The molecule has 0 amide bonds. The maximum absolute atomic E-state index is 5.87. The first kappa shape index (κ1) is 13.7. The van der Waals surface area contributed by atoms with E-state index in [1.54, 1.807) is 12.1 Å². The number of hydrogen-bond acceptors (Lipinski definition) is 3. The van der Waals surface area contributed by atoms with Gasteiger partial charge in [-0.3, -0.25) is 0 Å². The monoisotopic (exact) mass is 321 g/mol. The largest absolute Gasteiger partial charge is 0.489 e. The summed E-state index contributed by atoms with van der Waals surface area (Å²) >= 11 is 3.45. The van der Waals surface area contributed by atoms with E-state index in [0.717, 1.165) is 10.2 Å². The van der Waals surface area contributed by atoms with Crippen LogP contribution in [0.2, 0.25) is 0 Å². The van der Waals surface area contributed by atoms with Crippen LogP contribution < -0.4 is 15.2 Å². The van der Waals surface area contributed by atoms with E-state index < -0.39 is 0 Å². The van der Waals surface area contributed by atoms with E-state index in [2.05, 4.69) is 15.9 Å². The topological polar surface area (TPSA) is 44.5 Å². The lowest BCUT2D eigenvalue weighted by Crippen LogP contribution is -2.07.